The Kier molecular flexibility index (Phi) is 3.22. The highest BCUT2D eigenvalue weighted by molar-refractivity contribution is 9.10. The maximum Gasteiger partial charge on any atom is 0.0981 e. The Balaban J connectivity index is 1.64. The Morgan fingerprint density at radius 1 is 1.06 bits per heavy atom. The summed E-state index contributed by atoms with van der Waals surface area (Å²) in [6.07, 6.45) is 0.770. The van der Waals surface area contributed by atoms with E-state index in [1.165, 1.54) is 0 Å². The number of ether oxygens (including phenoxy) is 2. The molecule has 2 atom stereocenters. The number of rotatable bonds is 6. The first kappa shape index (κ1) is 11.3. The van der Waals surface area contributed by atoms with Gasteiger partial charge < -0.3 is 20.1 Å². The topological polar surface area (TPSA) is 49.1 Å². The van der Waals surface area contributed by atoms with Crippen molar-refractivity contribution in [2.45, 2.75) is 12.2 Å². The molecule has 0 saturated carbocycles. The van der Waals surface area contributed by atoms with E-state index >= 15 is 0 Å². The van der Waals surface area contributed by atoms with Crippen molar-refractivity contribution in [3.8, 4) is 0 Å². The van der Waals surface area contributed by atoms with Crippen LogP contribution in [0.2, 0.25) is 0 Å². The van der Waals surface area contributed by atoms with Crippen molar-refractivity contribution in [3.63, 3.8) is 0 Å². The lowest BCUT2D eigenvalue weighted by Crippen LogP contribution is -2.12. The maximum atomic E-state index is 5.19. The first-order chi connectivity index (χ1) is 8.31. The van der Waals surface area contributed by atoms with Crippen LogP contribution in [0.25, 0.3) is 0 Å². The van der Waals surface area contributed by atoms with Crippen molar-refractivity contribution in [2.24, 2.45) is 0 Å². The summed E-state index contributed by atoms with van der Waals surface area (Å²) in [7, 11) is 0. The third-order valence-corrected chi connectivity index (χ3v) is 3.32. The van der Waals surface area contributed by atoms with E-state index in [0.717, 1.165) is 42.2 Å². The maximum absolute atomic E-state index is 5.19. The van der Waals surface area contributed by atoms with E-state index in [2.05, 4.69) is 38.7 Å². The third-order valence-electron chi connectivity index (χ3n) is 2.83. The van der Waals surface area contributed by atoms with Gasteiger partial charge in [0.15, 0.2) is 0 Å². The van der Waals surface area contributed by atoms with E-state index in [1.54, 1.807) is 0 Å². The van der Waals surface area contributed by atoms with Crippen molar-refractivity contribution < 1.29 is 9.47 Å². The second-order valence-electron chi connectivity index (χ2n) is 4.36. The fourth-order valence-corrected chi connectivity index (χ4v) is 2.00. The van der Waals surface area contributed by atoms with E-state index in [0.29, 0.717) is 12.2 Å². The van der Waals surface area contributed by atoms with Crippen LogP contribution in [0.4, 0.5) is 11.4 Å². The minimum atomic E-state index is 0.383. The fraction of sp³-hybridized carbons (Fsp3) is 0.500. The molecule has 4 nitrogen and oxygen atoms in total. The first-order valence-electron chi connectivity index (χ1n) is 5.82. The van der Waals surface area contributed by atoms with Gasteiger partial charge in [-0.25, -0.2) is 0 Å². The normalized spacial score (nSPS) is 25.5. The third kappa shape index (κ3) is 3.34. The van der Waals surface area contributed by atoms with Crippen LogP contribution in [0.5, 0.6) is 0 Å². The summed E-state index contributed by atoms with van der Waals surface area (Å²) < 4.78 is 11.5. The van der Waals surface area contributed by atoms with Gasteiger partial charge in [-0.2, -0.15) is 0 Å². The molecule has 0 unspecified atom stereocenters. The SMILES string of the molecule is Brc1ccc(NC[C@@H]2CO2)c(NC[C@H]2CO2)c1. The lowest BCUT2D eigenvalue weighted by atomic mass is 10.2. The van der Waals surface area contributed by atoms with E-state index in [-0.39, 0.29) is 0 Å². The van der Waals surface area contributed by atoms with Gasteiger partial charge in [0.25, 0.3) is 0 Å². The average molecular weight is 299 g/mol. The van der Waals surface area contributed by atoms with Crippen molar-refractivity contribution in [1.82, 2.24) is 0 Å². The van der Waals surface area contributed by atoms with Crippen molar-refractivity contribution in [1.29, 1.82) is 0 Å². The quantitative estimate of drug-likeness (QED) is 0.790. The summed E-state index contributed by atoms with van der Waals surface area (Å²) in [5, 5.41) is 6.80. The Morgan fingerprint density at radius 2 is 1.65 bits per heavy atom. The van der Waals surface area contributed by atoms with Crippen LogP contribution in [0.15, 0.2) is 22.7 Å². The predicted octanol–water partition coefficient (Wildman–Crippen LogP) is 2.07. The summed E-state index contributed by atoms with van der Waals surface area (Å²) in [5.41, 5.74) is 2.22. The number of nitrogens with one attached hydrogen (secondary N) is 2. The molecule has 0 amide bonds. The van der Waals surface area contributed by atoms with Gasteiger partial charge in [0.1, 0.15) is 0 Å². The molecule has 2 fully saturated rings. The van der Waals surface area contributed by atoms with E-state index in [1.807, 2.05) is 6.07 Å². The lowest BCUT2D eigenvalue weighted by Gasteiger charge is -2.13. The zero-order valence-corrected chi connectivity index (χ0v) is 11.0. The predicted molar refractivity (Wildman–Crippen MR) is 70.6 cm³/mol. The Labute approximate surface area is 109 Å². The number of benzene rings is 1. The molecule has 0 aromatic heterocycles. The van der Waals surface area contributed by atoms with Crippen LogP contribution in [-0.4, -0.2) is 38.5 Å². The number of anilines is 2. The van der Waals surface area contributed by atoms with Gasteiger partial charge in [-0.1, -0.05) is 15.9 Å². The fourth-order valence-electron chi connectivity index (χ4n) is 1.64. The van der Waals surface area contributed by atoms with Gasteiger partial charge in [-0.05, 0) is 18.2 Å². The molecule has 5 heteroatoms. The molecular formula is C12H15BrN2O2. The van der Waals surface area contributed by atoms with Crippen LogP contribution in [-0.2, 0) is 9.47 Å². The number of halogens is 1. The molecule has 0 spiro atoms. The number of epoxide rings is 2. The molecule has 0 bridgehead atoms. The number of hydrogen-bond donors (Lipinski definition) is 2. The molecule has 2 aliphatic rings. The summed E-state index contributed by atoms with van der Waals surface area (Å²) >= 11 is 3.49. The van der Waals surface area contributed by atoms with E-state index in [9.17, 15) is 0 Å². The molecule has 1 aromatic rings. The molecule has 2 aliphatic heterocycles. The first-order valence-corrected chi connectivity index (χ1v) is 6.61. The second kappa shape index (κ2) is 4.84. The van der Waals surface area contributed by atoms with Gasteiger partial charge in [-0.3, -0.25) is 0 Å². The van der Waals surface area contributed by atoms with Gasteiger partial charge >= 0.3 is 0 Å². The average Bonchev–Trinajstić information content (AvgIpc) is 3.18. The minimum absolute atomic E-state index is 0.383. The summed E-state index contributed by atoms with van der Waals surface area (Å²) in [6, 6.07) is 6.19. The van der Waals surface area contributed by atoms with Crippen molar-refractivity contribution in [3.05, 3.63) is 22.7 Å². The lowest BCUT2D eigenvalue weighted by molar-refractivity contribution is 0.416. The van der Waals surface area contributed by atoms with Crippen LogP contribution < -0.4 is 10.6 Å². The van der Waals surface area contributed by atoms with Crippen molar-refractivity contribution in [2.75, 3.05) is 36.9 Å². The molecule has 17 heavy (non-hydrogen) atoms. The molecule has 2 saturated heterocycles. The largest absolute Gasteiger partial charge is 0.381 e. The monoisotopic (exact) mass is 298 g/mol. The number of hydrogen-bond acceptors (Lipinski definition) is 4. The zero-order chi connectivity index (χ0) is 11.7. The van der Waals surface area contributed by atoms with Gasteiger partial charge in [-0.15, -0.1) is 0 Å². The summed E-state index contributed by atoms with van der Waals surface area (Å²) in [6.45, 7) is 3.49. The summed E-state index contributed by atoms with van der Waals surface area (Å²) in [4.78, 5) is 0. The molecule has 1 aromatic carbocycles. The summed E-state index contributed by atoms with van der Waals surface area (Å²) in [5.74, 6) is 0. The highest BCUT2D eigenvalue weighted by Gasteiger charge is 2.23. The minimum Gasteiger partial charge on any atom is -0.381 e. The molecule has 3 rings (SSSR count). The highest BCUT2D eigenvalue weighted by Crippen LogP contribution is 2.27. The van der Waals surface area contributed by atoms with E-state index in [4.69, 9.17) is 9.47 Å². The van der Waals surface area contributed by atoms with Gasteiger partial charge in [0.05, 0.1) is 36.8 Å². The highest BCUT2D eigenvalue weighted by atomic mass is 79.9. The molecule has 0 aliphatic carbocycles. The van der Waals surface area contributed by atoms with Crippen LogP contribution in [0, 0.1) is 0 Å². The Bertz CT molecular complexity index is 405. The standard InChI is InChI=1S/C12H15BrN2O2/c13-8-1-2-11(14-4-9-6-16-9)12(3-8)15-5-10-7-17-10/h1-3,9-10,14-15H,4-7H2/t9-,10+/m1/s1. The van der Waals surface area contributed by atoms with Crippen LogP contribution in [0.3, 0.4) is 0 Å². The molecular weight excluding hydrogens is 284 g/mol. The van der Waals surface area contributed by atoms with Crippen LogP contribution >= 0.6 is 15.9 Å². The Morgan fingerprint density at radius 3 is 2.24 bits per heavy atom. The zero-order valence-electron chi connectivity index (χ0n) is 9.41. The van der Waals surface area contributed by atoms with Gasteiger partial charge in [0, 0.05) is 17.6 Å². The van der Waals surface area contributed by atoms with Crippen molar-refractivity contribution >= 4 is 27.3 Å². The Hall–Kier alpha value is -0.780. The van der Waals surface area contributed by atoms with Gasteiger partial charge in [0.2, 0.25) is 0 Å². The molecule has 2 N–H and O–H groups in total. The molecule has 2 heterocycles. The smallest absolute Gasteiger partial charge is 0.0981 e. The molecule has 0 radical (unpaired) electrons. The molecule has 92 valence electrons. The second-order valence-corrected chi connectivity index (χ2v) is 5.28. The van der Waals surface area contributed by atoms with E-state index < -0.39 is 0 Å². The van der Waals surface area contributed by atoms with Crippen LogP contribution in [0.1, 0.15) is 0 Å².